The van der Waals surface area contributed by atoms with Crippen LogP contribution in [0.3, 0.4) is 0 Å². The molecule has 1 aromatic rings. The van der Waals surface area contributed by atoms with Crippen molar-refractivity contribution in [2.75, 3.05) is 18.0 Å². The Morgan fingerprint density at radius 3 is 2.52 bits per heavy atom. The van der Waals surface area contributed by atoms with E-state index in [1.807, 2.05) is 0 Å². The molecule has 2 rings (SSSR count). The molecule has 0 spiro atoms. The number of carbonyl (C=O) groups excluding carboxylic acids is 1. The van der Waals surface area contributed by atoms with Gasteiger partial charge in [0.05, 0.1) is 12.1 Å². The van der Waals surface area contributed by atoms with Gasteiger partial charge in [-0.1, -0.05) is 0 Å². The Morgan fingerprint density at radius 2 is 2.05 bits per heavy atom. The average Bonchev–Trinajstić information content (AvgIpc) is 2.40. The van der Waals surface area contributed by atoms with Gasteiger partial charge in [0, 0.05) is 25.4 Å². The Bertz CT molecular complexity index is 508. The maximum absolute atomic E-state index is 12.4. The van der Waals surface area contributed by atoms with Crippen molar-refractivity contribution in [3.05, 3.63) is 18.0 Å². The Labute approximate surface area is 117 Å². The highest BCUT2D eigenvalue weighted by molar-refractivity contribution is 5.64. The van der Waals surface area contributed by atoms with Crippen LogP contribution in [0.1, 0.15) is 12.0 Å². The summed E-state index contributed by atoms with van der Waals surface area (Å²) >= 11 is 0. The number of nitrogens with two attached hydrogens (primary N) is 1. The van der Waals surface area contributed by atoms with E-state index in [1.165, 1.54) is 4.90 Å². The minimum atomic E-state index is -4.50. The van der Waals surface area contributed by atoms with Gasteiger partial charge in [-0.05, 0) is 0 Å². The molecule has 21 heavy (non-hydrogen) atoms. The largest absolute Gasteiger partial charge is 0.443 e. The van der Waals surface area contributed by atoms with E-state index >= 15 is 0 Å². The molecule has 0 unspecified atom stereocenters. The smallest absolute Gasteiger partial charge is 0.419 e. The van der Waals surface area contributed by atoms with E-state index in [0.29, 0.717) is 18.9 Å². The highest BCUT2D eigenvalue weighted by Gasteiger charge is 2.33. The van der Waals surface area contributed by atoms with Gasteiger partial charge in [0.1, 0.15) is 12.2 Å². The van der Waals surface area contributed by atoms with Gasteiger partial charge >= 0.3 is 12.3 Å². The summed E-state index contributed by atoms with van der Waals surface area (Å²) in [5.41, 5.74) is 3.93. The molecular weight excluding hydrogens is 293 g/mol. The van der Waals surface area contributed by atoms with Crippen LogP contribution in [0, 0.1) is 0 Å². The van der Waals surface area contributed by atoms with Crippen LogP contribution in [0.2, 0.25) is 0 Å². The quantitative estimate of drug-likeness (QED) is 0.826. The minimum Gasteiger partial charge on any atom is -0.443 e. The molecule has 0 aliphatic carbocycles. The van der Waals surface area contributed by atoms with E-state index < -0.39 is 30.0 Å². The summed E-state index contributed by atoms with van der Waals surface area (Å²) in [5.74, 6) is 0.0691. The van der Waals surface area contributed by atoms with Crippen LogP contribution in [-0.2, 0) is 10.9 Å². The molecule has 1 fully saturated rings. The number of anilines is 1. The molecule has 0 radical (unpaired) electrons. The van der Waals surface area contributed by atoms with Crippen molar-refractivity contribution in [3.8, 4) is 0 Å². The normalized spacial score (nSPS) is 23.0. The number of hydrogen-bond donors (Lipinski definition) is 2. The third kappa shape index (κ3) is 3.72. The standard InChI is InChI=1S/C11H13F3N4O3/c12-11(13,14)6-3-16-10(17-4-6)18-2-1-8(7(19)5-18)21-9(15)20/h3-4,7-8,19H,1-2,5H2,(H2,15,20)/t7-,8-/m1/s1. The first-order chi connectivity index (χ1) is 9.77. The fourth-order valence-electron chi connectivity index (χ4n) is 2.01. The second-order valence-electron chi connectivity index (χ2n) is 4.55. The predicted octanol–water partition coefficient (Wildman–Crippen LogP) is 0.530. The van der Waals surface area contributed by atoms with E-state index in [4.69, 9.17) is 10.5 Å². The molecule has 0 bridgehead atoms. The van der Waals surface area contributed by atoms with E-state index in [1.54, 1.807) is 0 Å². The highest BCUT2D eigenvalue weighted by atomic mass is 19.4. The van der Waals surface area contributed by atoms with Crippen molar-refractivity contribution in [3.63, 3.8) is 0 Å². The number of primary amides is 1. The number of halogens is 3. The summed E-state index contributed by atoms with van der Waals surface area (Å²) in [6.07, 6.45) is -5.61. The number of nitrogens with zero attached hydrogens (tertiary/aromatic N) is 3. The van der Waals surface area contributed by atoms with Crippen molar-refractivity contribution < 1.29 is 27.8 Å². The Balaban J connectivity index is 2.02. The van der Waals surface area contributed by atoms with Crippen LogP contribution < -0.4 is 10.6 Å². The third-order valence-corrected chi connectivity index (χ3v) is 3.04. The number of aliphatic hydroxyl groups excluding tert-OH is 1. The number of carbonyl (C=O) groups is 1. The van der Waals surface area contributed by atoms with Gasteiger partial charge in [0.2, 0.25) is 5.95 Å². The van der Waals surface area contributed by atoms with Gasteiger partial charge in [-0.25, -0.2) is 14.8 Å². The number of aliphatic hydroxyl groups is 1. The van der Waals surface area contributed by atoms with Crippen molar-refractivity contribution in [2.45, 2.75) is 24.8 Å². The van der Waals surface area contributed by atoms with Crippen molar-refractivity contribution in [2.24, 2.45) is 5.73 Å². The van der Waals surface area contributed by atoms with Gasteiger partial charge in [-0.15, -0.1) is 0 Å². The summed E-state index contributed by atoms with van der Waals surface area (Å²) in [5, 5.41) is 9.82. The van der Waals surface area contributed by atoms with Gasteiger partial charge < -0.3 is 20.5 Å². The minimum absolute atomic E-state index is 0.0311. The molecule has 2 heterocycles. The van der Waals surface area contributed by atoms with E-state index in [9.17, 15) is 23.1 Å². The van der Waals surface area contributed by atoms with E-state index in [-0.39, 0.29) is 18.9 Å². The molecule has 1 aliphatic rings. The van der Waals surface area contributed by atoms with Crippen molar-refractivity contribution in [1.29, 1.82) is 0 Å². The molecule has 0 saturated carbocycles. The number of ether oxygens (including phenoxy) is 1. The van der Waals surface area contributed by atoms with Gasteiger partial charge in [0.25, 0.3) is 0 Å². The van der Waals surface area contributed by atoms with E-state index in [2.05, 4.69) is 9.97 Å². The number of hydrogen-bond acceptors (Lipinski definition) is 6. The maximum atomic E-state index is 12.4. The fourth-order valence-corrected chi connectivity index (χ4v) is 2.01. The summed E-state index contributed by atoms with van der Waals surface area (Å²) < 4.78 is 41.9. The molecule has 116 valence electrons. The third-order valence-electron chi connectivity index (χ3n) is 3.04. The van der Waals surface area contributed by atoms with Crippen LogP contribution in [0.5, 0.6) is 0 Å². The zero-order valence-electron chi connectivity index (χ0n) is 10.7. The van der Waals surface area contributed by atoms with E-state index in [0.717, 1.165) is 0 Å². The lowest BCUT2D eigenvalue weighted by molar-refractivity contribution is -0.138. The number of alkyl halides is 3. The van der Waals surface area contributed by atoms with Gasteiger partial charge in [-0.3, -0.25) is 0 Å². The molecule has 1 amide bonds. The molecule has 1 aromatic heterocycles. The molecular formula is C11H13F3N4O3. The number of β-amino-alcohol motifs (C(OH)–C–C–N with tert-alkyl or cyclic N) is 1. The SMILES string of the molecule is NC(=O)O[C@@H]1CCN(c2ncc(C(F)(F)F)cn2)C[C@H]1O. The second-order valence-corrected chi connectivity index (χ2v) is 4.55. The molecule has 1 aliphatic heterocycles. The summed E-state index contributed by atoms with van der Waals surface area (Å²) in [6.45, 7) is 0.351. The molecule has 1 saturated heterocycles. The van der Waals surface area contributed by atoms with Crippen LogP contribution in [0.25, 0.3) is 0 Å². The van der Waals surface area contributed by atoms with Crippen LogP contribution in [0.4, 0.5) is 23.9 Å². The lowest BCUT2D eigenvalue weighted by Crippen LogP contribution is -2.49. The van der Waals surface area contributed by atoms with Crippen LogP contribution in [-0.4, -0.2) is 46.5 Å². The maximum Gasteiger partial charge on any atom is 0.419 e. The van der Waals surface area contributed by atoms with Gasteiger partial charge in [0.15, 0.2) is 0 Å². The van der Waals surface area contributed by atoms with Crippen LogP contribution >= 0.6 is 0 Å². The Morgan fingerprint density at radius 1 is 1.43 bits per heavy atom. The van der Waals surface area contributed by atoms with Gasteiger partial charge in [-0.2, -0.15) is 13.2 Å². The highest BCUT2D eigenvalue weighted by Crippen LogP contribution is 2.28. The molecule has 3 N–H and O–H groups in total. The molecule has 10 heteroatoms. The summed E-state index contributed by atoms with van der Waals surface area (Å²) in [6, 6.07) is 0. The Kier molecular flexibility index (Phi) is 4.16. The second kappa shape index (κ2) is 5.72. The molecule has 7 nitrogen and oxygen atoms in total. The topological polar surface area (TPSA) is 102 Å². The van der Waals surface area contributed by atoms with Crippen molar-refractivity contribution >= 4 is 12.0 Å². The first-order valence-corrected chi connectivity index (χ1v) is 6.05. The van der Waals surface area contributed by atoms with Crippen molar-refractivity contribution in [1.82, 2.24) is 9.97 Å². The summed E-state index contributed by atoms with van der Waals surface area (Å²) in [4.78, 5) is 19.4. The fraction of sp³-hybridized carbons (Fsp3) is 0.545. The van der Waals surface area contributed by atoms with Crippen LogP contribution in [0.15, 0.2) is 12.4 Å². The number of rotatable bonds is 2. The zero-order valence-corrected chi connectivity index (χ0v) is 10.7. The first kappa shape index (κ1) is 15.3. The summed E-state index contributed by atoms with van der Waals surface area (Å²) in [7, 11) is 0. The first-order valence-electron chi connectivity index (χ1n) is 6.05. The number of aromatic nitrogens is 2. The lowest BCUT2D eigenvalue weighted by Gasteiger charge is -2.35. The number of amides is 1. The molecule has 2 atom stereocenters. The zero-order chi connectivity index (χ0) is 15.6. The predicted molar refractivity (Wildman–Crippen MR) is 64.3 cm³/mol. The monoisotopic (exact) mass is 306 g/mol. The Hall–Kier alpha value is -2.10. The number of piperidine rings is 1. The molecule has 0 aromatic carbocycles. The lowest BCUT2D eigenvalue weighted by atomic mass is 10.1. The average molecular weight is 306 g/mol.